The summed E-state index contributed by atoms with van der Waals surface area (Å²) in [5, 5.41) is 0. The van der Waals surface area contributed by atoms with E-state index in [-0.39, 0.29) is 13.6 Å². The normalized spacial score (nSPS) is 10.8. The van der Waals surface area contributed by atoms with Gasteiger partial charge in [0.15, 0.2) is 0 Å². The van der Waals surface area contributed by atoms with E-state index in [1.54, 1.807) is 22.6 Å². The number of hydrogen-bond acceptors (Lipinski definition) is 1. The lowest BCUT2D eigenvalue weighted by molar-refractivity contribution is 0.148. The van der Waals surface area contributed by atoms with Gasteiger partial charge in [0.25, 0.3) is 6.43 Å². The molecule has 0 spiro atoms. The topological polar surface area (TPSA) is 12.9 Å². The monoisotopic (exact) mass is 351 g/mol. The second kappa shape index (κ2) is 3.91. The molecule has 0 radical (unpaired) electrons. The summed E-state index contributed by atoms with van der Waals surface area (Å²) in [5.41, 5.74) is -0.344. The van der Waals surface area contributed by atoms with Crippen LogP contribution >= 0.6 is 38.5 Å². The molecule has 0 fully saturated rings. The Morgan fingerprint density at radius 1 is 1.50 bits per heavy atom. The fraction of sp³-hybridized carbons (Fsp3) is 0.167. The summed E-state index contributed by atoms with van der Waals surface area (Å²) in [5.74, 6) is -0.911. The van der Waals surface area contributed by atoms with Crippen LogP contribution in [0.25, 0.3) is 0 Å². The highest BCUT2D eigenvalue weighted by Gasteiger charge is 2.19. The van der Waals surface area contributed by atoms with E-state index in [4.69, 9.17) is 0 Å². The van der Waals surface area contributed by atoms with Crippen molar-refractivity contribution >= 4 is 38.5 Å². The van der Waals surface area contributed by atoms with E-state index in [0.29, 0.717) is 0 Å². The zero-order valence-electron chi connectivity index (χ0n) is 5.49. The minimum Gasteiger partial charge on any atom is -0.226 e. The SMILES string of the molecule is Fc1ncc(I)c(C(F)F)c1Br. The maximum atomic E-state index is 12.6. The average Bonchev–Trinajstić information content (AvgIpc) is 1.97. The summed E-state index contributed by atoms with van der Waals surface area (Å²) in [6.45, 7) is 0. The van der Waals surface area contributed by atoms with Crippen molar-refractivity contribution in [3.8, 4) is 0 Å². The largest absolute Gasteiger partial charge is 0.266 e. The molecule has 0 unspecified atom stereocenters. The molecule has 1 heterocycles. The minimum absolute atomic E-state index is 0.246. The van der Waals surface area contributed by atoms with Crippen molar-refractivity contribution in [3.63, 3.8) is 0 Å². The van der Waals surface area contributed by atoms with E-state index in [1.807, 2.05) is 0 Å². The van der Waals surface area contributed by atoms with Crippen LogP contribution in [0.3, 0.4) is 0 Å². The maximum Gasteiger partial charge on any atom is 0.266 e. The lowest BCUT2D eigenvalue weighted by Gasteiger charge is -2.05. The molecule has 6 heteroatoms. The molecule has 0 bridgehead atoms. The quantitative estimate of drug-likeness (QED) is 0.557. The molecule has 0 saturated heterocycles. The van der Waals surface area contributed by atoms with Gasteiger partial charge in [-0.05, 0) is 38.5 Å². The standard InChI is InChI=1S/C6H2BrF3IN/c7-4-3(5(8)9)2(11)1-12-6(4)10/h1,5H. The van der Waals surface area contributed by atoms with E-state index in [0.717, 1.165) is 6.20 Å². The molecular weight excluding hydrogens is 350 g/mol. The highest BCUT2D eigenvalue weighted by Crippen LogP contribution is 2.31. The Morgan fingerprint density at radius 2 is 2.08 bits per heavy atom. The van der Waals surface area contributed by atoms with E-state index < -0.39 is 12.4 Å². The molecule has 0 atom stereocenters. The van der Waals surface area contributed by atoms with Gasteiger partial charge in [-0.25, -0.2) is 13.8 Å². The van der Waals surface area contributed by atoms with Crippen molar-refractivity contribution < 1.29 is 13.2 Å². The smallest absolute Gasteiger partial charge is 0.226 e. The Morgan fingerprint density at radius 3 is 2.50 bits per heavy atom. The van der Waals surface area contributed by atoms with Crippen molar-refractivity contribution in [2.75, 3.05) is 0 Å². The van der Waals surface area contributed by atoms with Crippen LogP contribution in [0.4, 0.5) is 13.2 Å². The predicted molar refractivity (Wildman–Crippen MR) is 49.6 cm³/mol. The van der Waals surface area contributed by atoms with Gasteiger partial charge in [0, 0.05) is 9.77 Å². The molecule has 12 heavy (non-hydrogen) atoms. The van der Waals surface area contributed by atoms with E-state index >= 15 is 0 Å². The van der Waals surface area contributed by atoms with E-state index in [9.17, 15) is 13.2 Å². The molecule has 0 aromatic carbocycles. The fourth-order valence-corrected chi connectivity index (χ4v) is 2.16. The van der Waals surface area contributed by atoms with Crippen LogP contribution in [-0.4, -0.2) is 4.98 Å². The van der Waals surface area contributed by atoms with E-state index in [1.165, 1.54) is 0 Å². The number of alkyl halides is 2. The fourth-order valence-electron chi connectivity index (χ4n) is 0.656. The second-order valence-electron chi connectivity index (χ2n) is 1.93. The van der Waals surface area contributed by atoms with Crippen molar-refractivity contribution in [2.24, 2.45) is 0 Å². The van der Waals surface area contributed by atoms with Gasteiger partial charge in [-0.1, -0.05) is 0 Å². The highest BCUT2D eigenvalue weighted by molar-refractivity contribution is 14.1. The van der Waals surface area contributed by atoms with Crippen molar-refractivity contribution in [3.05, 3.63) is 25.8 Å². The molecule has 0 aliphatic carbocycles. The first-order valence-corrected chi connectivity index (χ1v) is 4.68. The number of hydrogen-bond donors (Lipinski definition) is 0. The summed E-state index contributed by atoms with van der Waals surface area (Å²) in [6.07, 6.45) is -1.62. The predicted octanol–water partition coefficient (Wildman–Crippen LogP) is 3.53. The number of rotatable bonds is 1. The van der Waals surface area contributed by atoms with Gasteiger partial charge in [-0.3, -0.25) is 0 Å². The van der Waals surface area contributed by atoms with Gasteiger partial charge < -0.3 is 0 Å². The van der Waals surface area contributed by atoms with Crippen LogP contribution in [-0.2, 0) is 0 Å². The summed E-state index contributed by atoms with van der Waals surface area (Å²) in [6, 6.07) is 0. The zero-order chi connectivity index (χ0) is 9.30. The summed E-state index contributed by atoms with van der Waals surface area (Å²) < 4.78 is 37.1. The lowest BCUT2D eigenvalue weighted by atomic mass is 10.3. The lowest BCUT2D eigenvalue weighted by Crippen LogP contribution is -1.96. The zero-order valence-corrected chi connectivity index (χ0v) is 9.24. The summed E-state index contributed by atoms with van der Waals surface area (Å²) in [7, 11) is 0. The first kappa shape index (κ1) is 10.2. The molecule has 0 aliphatic rings. The first-order valence-electron chi connectivity index (χ1n) is 2.81. The Balaban J connectivity index is 3.33. The molecule has 0 aliphatic heterocycles. The van der Waals surface area contributed by atoms with Gasteiger partial charge >= 0.3 is 0 Å². The van der Waals surface area contributed by atoms with Gasteiger partial charge in [-0.15, -0.1) is 0 Å². The molecule has 1 nitrogen and oxygen atoms in total. The number of halogens is 5. The molecule has 0 amide bonds. The van der Waals surface area contributed by atoms with E-state index in [2.05, 4.69) is 20.9 Å². The molecule has 1 aromatic rings. The van der Waals surface area contributed by atoms with Crippen LogP contribution in [0.1, 0.15) is 12.0 Å². The third-order valence-corrected chi connectivity index (χ3v) is 2.80. The summed E-state index contributed by atoms with van der Waals surface area (Å²) in [4.78, 5) is 3.27. The molecule has 0 N–H and O–H groups in total. The molecular formula is C6H2BrF3IN. The van der Waals surface area contributed by atoms with Gasteiger partial charge in [0.2, 0.25) is 5.95 Å². The molecule has 1 rings (SSSR count). The second-order valence-corrected chi connectivity index (χ2v) is 3.88. The highest BCUT2D eigenvalue weighted by atomic mass is 127. The third kappa shape index (κ3) is 1.90. The number of pyridine rings is 1. The van der Waals surface area contributed by atoms with Crippen LogP contribution in [0.5, 0.6) is 0 Å². The molecule has 66 valence electrons. The number of aromatic nitrogens is 1. The van der Waals surface area contributed by atoms with Crippen LogP contribution in [0, 0.1) is 9.52 Å². The van der Waals surface area contributed by atoms with Crippen molar-refractivity contribution in [2.45, 2.75) is 6.43 Å². The Bertz CT molecular complexity index is 305. The molecule has 1 aromatic heterocycles. The van der Waals surface area contributed by atoms with Crippen LogP contribution < -0.4 is 0 Å². The molecule has 0 saturated carbocycles. The summed E-state index contributed by atoms with van der Waals surface area (Å²) >= 11 is 4.39. The average molecular weight is 352 g/mol. The Hall–Kier alpha value is 0.150. The Labute approximate surface area is 88.6 Å². The van der Waals surface area contributed by atoms with Crippen molar-refractivity contribution in [1.29, 1.82) is 0 Å². The minimum atomic E-state index is -2.69. The van der Waals surface area contributed by atoms with Crippen LogP contribution in [0.15, 0.2) is 10.7 Å². The van der Waals surface area contributed by atoms with Gasteiger partial charge in [0.05, 0.1) is 10.0 Å². The Kier molecular flexibility index (Phi) is 3.33. The van der Waals surface area contributed by atoms with Gasteiger partial charge in [-0.2, -0.15) is 4.39 Å². The third-order valence-electron chi connectivity index (χ3n) is 1.18. The van der Waals surface area contributed by atoms with Crippen LogP contribution in [0.2, 0.25) is 0 Å². The first-order chi connectivity index (χ1) is 5.54. The van der Waals surface area contributed by atoms with Crippen molar-refractivity contribution in [1.82, 2.24) is 4.98 Å². The van der Waals surface area contributed by atoms with Gasteiger partial charge in [0.1, 0.15) is 0 Å². The maximum absolute atomic E-state index is 12.6. The number of nitrogens with zero attached hydrogens (tertiary/aromatic N) is 1.